The lowest BCUT2D eigenvalue weighted by Gasteiger charge is -2.27. The van der Waals surface area contributed by atoms with E-state index >= 15 is 0 Å². The molecule has 5 heteroatoms. The average molecular weight is 235 g/mol. The van der Waals surface area contributed by atoms with Crippen molar-refractivity contribution in [3.8, 4) is 0 Å². The number of thiol groups is 1. The molecule has 1 aliphatic heterocycles. The van der Waals surface area contributed by atoms with E-state index in [1.165, 1.54) is 0 Å². The number of hydrogen-bond acceptors (Lipinski definition) is 4. The highest BCUT2D eigenvalue weighted by Crippen LogP contribution is 2.23. The fourth-order valence-electron chi connectivity index (χ4n) is 1.16. The Morgan fingerprint density at radius 2 is 2.29 bits per heavy atom. The normalized spacial score (nSPS) is 22.6. The van der Waals surface area contributed by atoms with Crippen LogP contribution in [-0.4, -0.2) is 40.0 Å². The smallest absolute Gasteiger partial charge is 0.411 e. The zero-order chi connectivity index (χ0) is 10.8. The van der Waals surface area contributed by atoms with Gasteiger partial charge in [0.05, 0.1) is 11.9 Å². The molecule has 14 heavy (non-hydrogen) atoms. The molecule has 0 aromatic rings. The van der Waals surface area contributed by atoms with Gasteiger partial charge >= 0.3 is 6.09 Å². The average Bonchev–Trinajstić information content (AvgIpc) is 2.47. The van der Waals surface area contributed by atoms with Gasteiger partial charge in [-0.25, -0.2) is 4.79 Å². The van der Waals surface area contributed by atoms with Gasteiger partial charge in [0.15, 0.2) is 0 Å². The summed E-state index contributed by atoms with van der Waals surface area (Å²) in [6.07, 6.45) is -0.221. The van der Waals surface area contributed by atoms with Crippen molar-refractivity contribution in [1.82, 2.24) is 4.90 Å². The summed E-state index contributed by atoms with van der Waals surface area (Å²) in [5.41, 5.74) is -0.411. The molecule has 1 unspecified atom stereocenters. The SMILES string of the molecule is CC(C)(C)OC(=O)N1CSCC1CS. The van der Waals surface area contributed by atoms with Crippen LogP contribution >= 0.6 is 24.4 Å². The van der Waals surface area contributed by atoms with E-state index in [2.05, 4.69) is 12.6 Å². The number of nitrogens with zero attached hydrogens (tertiary/aromatic N) is 1. The van der Waals surface area contributed by atoms with Crippen molar-refractivity contribution in [3.05, 3.63) is 0 Å². The van der Waals surface area contributed by atoms with Gasteiger partial charge in [-0.3, -0.25) is 4.90 Å². The third kappa shape index (κ3) is 3.28. The standard InChI is InChI=1S/C9H17NO2S2/c1-9(2,3)12-8(11)10-6-14-5-7(10)4-13/h7,13H,4-6H2,1-3H3. The Kier molecular flexibility index (Phi) is 4.01. The first-order valence-electron chi connectivity index (χ1n) is 4.62. The first-order valence-corrected chi connectivity index (χ1v) is 6.41. The van der Waals surface area contributed by atoms with Gasteiger partial charge in [0, 0.05) is 11.5 Å². The third-order valence-corrected chi connectivity index (χ3v) is 3.32. The zero-order valence-corrected chi connectivity index (χ0v) is 10.5. The highest BCUT2D eigenvalue weighted by atomic mass is 32.2. The van der Waals surface area contributed by atoms with Crippen molar-refractivity contribution in [2.75, 3.05) is 17.4 Å². The Labute approximate surface area is 95.0 Å². The highest BCUT2D eigenvalue weighted by Gasteiger charge is 2.31. The molecule has 0 aromatic heterocycles. The number of ether oxygens (including phenoxy) is 1. The molecule has 0 saturated carbocycles. The van der Waals surface area contributed by atoms with Crippen molar-refractivity contribution in [2.24, 2.45) is 0 Å². The highest BCUT2D eigenvalue weighted by molar-refractivity contribution is 7.99. The topological polar surface area (TPSA) is 29.5 Å². The van der Waals surface area contributed by atoms with Gasteiger partial charge in [0.2, 0.25) is 0 Å². The minimum atomic E-state index is -0.411. The van der Waals surface area contributed by atoms with Gasteiger partial charge in [-0.2, -0.15) is 12.6 Å². The van der Waals surface area contributed by atoms with E-state index < -0.39 is 5.60 Å². The molecule has 1 saturated heterocycles. The molecule has 82 valence electrons. The molecule has 0 N–H and O–H groups in total. The number of carbonyl (C=O) groups is 1. The minimum absolute atomic E-state index is 0.221. The van der Waals surface area contributed by atoms with Crippen LogP contribution in [0.4, 0.5) is 4.79 Å². The largest absolute Gasteiger partial charge is 0.444 e. The first kappa shape index (κ1) is 12.0. The summed E-state index contributed by atoms with van der Waals surface area (Å²) < 4.78 is 5.29. The van der Waals surface area contributed by atoms with Crippen LogP contribution in [0, 0.1) is 0 Å². The molecule has 0 bridgehead atoms. The summed E-state index contributed by atoms with van der Waals surface area (Å²) >= 11 is 5.96. The van der Waals surface area contributed by atoms with Crippen LogP contribution in [0.25, 0.3) is 0 Å². The van der Waals surface area contributed by atoms with E-state index in [1.807, 2.05) is 20.8 Å². The number of hydrogen-bond donors (Lipinski definition) is 1. The quantitative estimate of drug-likeness (QED) is 0.707. The molecule has 1 fully saturated rings. The maximum Gasteiger partial charge on any atom is 0.411 e. The number of rotatable bonds is 1. The zero-order valence-electron chi connectivity index (χ0n) is 8.82. The van der Waals surface area contributed by atoms with Gasteiger partial charge in [-0.05, 0) is 20.8 Å². The monoisotopic (exact) mass is 235 g/mol. The van der Waals surface area contributed by atoms with Crippen molar-refractivity contribution in [3.63, 3.8) is 0 Å². The Hall–Kier alpha value is -0.0300. The molecule has 1 heterocycles. The lowest BCUT2D eigenvalue weighted by atomic mass is 10.2. The van der Waals surface area contributed by atoms with E-state index in [4.69, 9.17) is 4.74 Å². The molecule has 0 aliphatic carbocycles. The second kappa shape index (κ2) is 4.66. The fraction of sp³-hybridized carbons (Fsp3) is 0.889. The van der Waals surface area contributed by atoms with E-state index in [1.54, 1.807) is 16.7 Å². The van der Waals surface area contributed by atoms with E-state index in [0.29, 0.717) is 5.75 Å². The van der Waals surface area contributed by atoms with Crippen molar-refractivity contribution < 1.29 is 9.53 Å². The molecule has 0 radical (unpaired) electrons. The number of amides is 1. The van der Waals surface area contributed by atoms with Gasteiger partial charge < -0.3 is 4.74 Å². The van der Waals surface area contributed by atoms with Crippen molar-refractivity contribution in [1.29, 1.82) is 0 Å². The molecule has 1 aliphatic rings. The third-order valence-electron chi connectivity index (χ3n) is 1.82. The van der Waals surface area contributed by atoms with Gasteiger partial charge in [0.25, 0.3) is 0 Å². The molecule has 3 nitrogen and oxygen atoms in total. The molecule has 1 rings (SSSR count). The van der Waals surface area contributed by atoms with Crippen LogP contribution in [0.5, 0.6) is 0 Å². The van der Waals surface area contributed by atoms with Crippen LogP contribution in [0.3, 0.4) is 0 Å². The molecule has 1 atom stereocenters. The lowest BCUT2D eigenvalue weighted by molar-refractivity contribution is 0.0255. The maximum absolute atomic E-state index is 11.7. The second-order valence-electron chi connectivity index (χ2n) is 4.29. The number of carbonyl (C=O) groups excluding carboxylic acids is 1. The Morgan fingerprint density at radius 1 is 1.64 bits per heavy atom. The molecular weight excluding hydrogens is 218 g/mol. The predicted molar refractivity (Wildman–Crippen MR) is 63.0 cm³/mol. The van der Waals surface area contributed by atoms with Crippen molar-refractivity contribution >= 4 is 30.5 Å². The van der Waals surface area contributed by atoms with Crippen LogP contribution in [-0.2, 0) is 4.74 Å². The summed E-state index contributed by atoms with van der Waals surface area (Å²) in [7, 11) is 0. The Morgan fingerprint density at radius 3 is 2.79 bits per heavy atom. The molecule has 0 aromatic carbocycles. The lowest BCUT2D eigenvalue weighted by Crippen LogP contribution is -2.41. The van der Waals surface area contributed by atoms with Gasteiger partial charge in [-0.15, -0.1) is 11.8 Å². The maximum atomic E-state index is 11.7. The molecule has 0 spiro atoms. The fourth-order valence-corrected chi connectivity index (χ4v) is 2.85. The van der Waals surface area contributed by atoms with Crippen molar-refractivity contribution in [2.45, 2.75) is 32.4 Å². The van der Waals surface area contributed by atoms with E-state index in [9.17, 15) is 4.79 Å². The Balaban J connectivity index is 2.52. The van der Waals surface area contributed by atoms with Gasteiger partial charge in [-0.1, -0.05) is 0 Å². The molecule has 1 amide bonds. The first-order chi connectivity index (χ1) is 6.44. The van der Waals surface area contributed by atoms with Crippen LogP contribution < -0.4 is 0 Å². The summed E-state index contributed by atoms with van der Waals surface area (Å²) in [6.45, 7) is 5.64. The molecular formula is C9H17NO2S2. The summed E-state index contributed by atoms with van der Waals surface area (Å²) in [6, 6.07) is 0.221. The predicted octanol–water partition coefficient (Wildman–Crippen LogP) is 2.23. The summed E-state index contributed by atoms with van der Waals surface area (Å²) in [4.78, 5) is 13.4. The van der Waals surface area contributed by atoms with E-state index in [0.717, 1.165) is 11.6 Å². The Bertz CT molecular complexity index is 215. The minimum Gasteiger partial charge on any atom is -0.444 e. The summed E-state index contributed by atoms with van der Waals surface area (Å²) in [5.74, 6) is 2.38. The number of thioether (sulfide) groups is 1. The summed E-state index contributed by atoms with van der Waals surface area (Å²) in [5, 5.41) is 0. The second-order valence-corrected chi connectivity index (χ2v) is 5.65. The van der Waals surface area contributed by atoms with Crippen LogP contribution in [0.1, 0.15) is 20.8 Å². The van der Waals surface area contributed by atoms with Crippen LogP contribution in [0.2, 0.25) is 0 Å². The van der Waals surface area contributed by atoms with Gasteiger partial charge in [0.1, 0.15) is 5.60 Å². The van der Waals surface area contributed by atoms with E-state index in [-0.39, 0.29) is 12.1 Å². The van der Waals surface area contributed by atoms with Crippen LogP contribution in [0.15, 0.2) is 0 Å².